The van der Waals surface area contributed by atoms with Gasteiger partial charge in [0.1, 0.15) is 11.8 Å². The quantitative estimate of drug-likeness (QED) is 0.0952. The van der Waals surface area contributed by atoms with Gasteiger partial charge < -0.3 is 15.0 Å². The van der Waals surface area contributed by atoms with Crippen LogP contribution in [0, 0.1) is 0 Å². The minimum atomic E-state index is -0.777. The molecule has 220 valence electrons. The van der Waals surface area contributed by atoms with Crippen molar-refractivity contribution in [3.63, 3.8) is 0 Å². The van der Waals surface area contributed by atoms with Crippen LogP contribution in [0.25, 0.3) is 11.1 Å². The van der Waals surface area contributed by atoms with Crippen molar-refractivity contribution in [1.29, 1.82) is 0 Å². The molecule has 0 radical (unpaired) electrons. The third kappa shape index (κ3) is 7.47. The lowest BCUT2D eigenvalue weighted by Gasteiger charge is -2.27. The number of carbonyl (C=O) groups is 3. The van der Waals surface area contributed by atoms with E-state index in [-0.39, 0.29) is 17.7 Å². The number of unbranched alkanes of at least 4 members (excludes halogenated alkanes) is 3. The molecule has 3 N–H and O–H groups in total. The highest BCUT2D eigenvalue weighted by atomic mass is 16.5. The van der Waals surface area contributed by atoms with E-state index in [4.69, 9.17) is 9.94 Å². The van der Waals surface area contributed by atoms with Crippen LogP contribution >= 0.6 is 0 Å². The van der Waals surface area contributed by atoms with E-state index in [9.17, 15) is 14.4 Å². The molecule has 5 rings (SSSR count). The predicted molar refractivity (Wildman–Crippen MR) is 165 cm³/mol. The van der Waals surface area contributed by atoms with Crippen molar-refractivity contribution in [2.24, 2.45) is 0 Å². The van der Waals surface area contributed by atoms with Gasteiger partial charge in [0.05, 0.1) is 6.61 Å². The molecule has 0 bridgehead atoms. The summed E-state index contributed by atoms with van der Waals surface area (Å²) in [7, 11) is 0. The maximum absolute atomic E-state index is 13.8. The zero-order valence-electron chi connectivity index (χ0n) is 23.9. The van der Waals surface area contributed by atoms with Gasteiger partial charge in [0.15, 0.2) is 0 Å². The van der Waals surface area contributed by atoms with Crippen molar-refractivity contribution in [1.82, 2.24) is 10.4 Å². The second-order valence-electron chi connectivity index (χ2n) is 10.5. The van der Waals surface area contributed by atoms with Crippen LogP contribution in [0.5, 0.6) is 5.75 Å². The zero-order chi connectivity index (χ0) is 30.0. The Kier molecular flexibility index (Phi) is 9.82. The van der Waals surface area contributed by atoms with Crippen LogP contribution in [0.1, 0.15) is 59.6 Å². The van der Waals surface area contributed by atoms with Gasteiger partial charge in [-0.15, -0.1) is 0 Å². The van der Waals surface area contributed by atoms with E-state index in [0.29, 0.717) is 30.8 Å². The fraction of sp³-hybridized carbons (Fsp3) is 0.229. The zero-order valence-corrected chi connectivity index (χ0v) is 23.9. The molecule has 1 aliphatic rings. The van der Waals surface area contributed by atoms with Crippen molar-refractivity contribution in [2.75, 3.05) is 11.9 Å². The molecular formula is C35H35N3O5. The van der Waals surface area contributed by atoms with Crippen LogP contribution in [0.2, 0.25) is 0 Å². The van der Waals surface area contributed by atoms with Gasteiger partial charge in [-0.3, -0.25) is 19.6 Å². The molecule has 0 aromatic heterocycles. The number of nitrogens with zero attached hydrogens (tertiary/aromatic N) is 1. The first kappa shape index (κ1) is 29.5. The molecule has 1 heterocycles. The summed E-state index contributed by atoms with van der Waals surface area (Å²) in [5.41, 5.74) is 6.44. The minimum absolute atomic E-state index is 0.175. The highest BCUT2D eigenvalue weighted by Gasteiger charge is 2.37. The van der Waals surface area contributed by atoms with Crippen molar-refractivity contribution >= 4 is 23.4 Å². The topological polar surface area (TPSA) is 108 Å². The summed E-state index contributed by atoms with van der Waals surface area (Å²) in [5.74, 6) is -0.0275. The van der Waals surface area contributed by atoms with Crippen molar-refractivity contribution in [2.45, 2.75) is 44.7 Å². The number of fused-ring (bicyclic) bond motifs is 1. The number of hydrogen-bond donors (Lipinski definition) is 3. The fourth-order valence-electron chi connectivity index (χ4n) is 5.28. The van der Waals surface area contributed by atoms with Gasteiger partial charge in [-0.1, -0.05) is 85.6 Å². The van der Waals surface area contributed by atoms with Gasteiger partial charge in [0.25, 0.3) is 11.8 Å². The normalized spacial score (nSPS) is 12.9. The molecule has 1 unspecified atom stereocenters. The van der Waals surface area contributed by atoms with Crippen LogP contribution in [-0.2, 0) is 16.1 Å². The van der Waals surface area contributed by atoms with Crippen molar-refractivity contribution in [3.05, 3.63) is 120 Å². The number of carbonyl (C=O) groups excluding carboxylic acids is 3. The van der Waals surface area contributed by atoms with E-state index >= 15 is 0 Å². The van der Waals surface area contributed by atoms with E-state index in [1.807, 2.05) is 103 Å². The largest absolute Gasteiger partial charge is 0.494 e. The lowest BCUT2D eigenvalue weighted by atomic mass is 10.0. The summed E-state index contributed by atoms with van der Waals surface area (Å²) >= 11 is 0. The first-order valence-corrected chi connectivity index (χ1v) is 14.5. The van der Waals surface area contributed by atoms with E-state index < -0.39 is 6.04 Å². The number of amides is 3. The van der Waals surface area contributed by atoms with Gasteiger partial charge in [0.2, 0.25) is 5.91 Å². The van der Waals surface area contributed by atoms with E-state index in [1.54, 1.807) is 10.4 Å². The Balaban J connectivity index is 1.23. The number of ether oxygens (including phenoxy) is 1. The van der Waals surface area contributed by atoms with Crippen LogP contribution in [0.4, 0.5) is 5.69 Å². The lowest BCUT2D eigenvalue weighted by molar-refractivity contribution is -0.129. The maximum atomic E-state index is 13.8. The summed E-state index contributed by atoms with van der Waals surface area (Å²) in [6.07, 6.45) is 3.77. The third-order valence-electron chi connectivity index (χ3n) is 7.54. The number of nitrogens with one attached hydrogen (secondary N) is 2. The first-order chi connectivity index (χ1) is 21.0. The monoisotopic (exact) mass is 577 g/mol. The smallest absolute Gasteiger partial charge is 0.255 e. The Morgan fingerprint density at radius 2 is 1.49 bits per heavy atom. The molecule has 43 heavy (non-hydrogen) atoms. The summed E-state index contributed by atoms with van der Waals surface area (Å²) in [6, 6.07) is 31.5. The van der Waals surface area contributed by atoms with Gasteiger partial charge >= 0.3 is 0 Å². The Hall–Kier alpha value is -4.95. The molecule has 4 aromatic rings. The number of hydrogen-bond acceptors (Lipinski definition) is 5. The standard InChI is InChI=1S/C35H35N3O5/c39-32(37-42)15-9-1-2-10-22-43-30-20-18-25(19-21-30)27-16-17-28-24-38(35(41)31(28)23-27)33(26-11-5-3-6-12-26)34(40)36-29-13-7-4-8-14-29/h3-8,11-14,16-21,23,33,42H,1-2,9-10,15,22,24H2,(H,36,40)(H,37,39). The number of rotatable bonds is 13. The molecule has 8 nitrogen and oxygen atoms in total. The van der Waals surface area contributed by atoms with E-state index in [1.165, 1.54) is 0 Å². The SMILES string of the molecule is O=C(CCCCCCOc1ccc(-c2ccc3c(c2)C(=O)N(C(C(=O)Nc2ccccc2)c2ccccc2)C3)cc1)NO. The van der Waals surface area contributed by atoms with Gasteiger partial charge in [-0.2, -0.15) is 0 Å². The highest BCUT2D eigenvalue weighted by molar-refractivity contribution is 6.04. The average molecular weight is 578 g/mol. The summed E-state index contributed by atoms with van der Waals surface area (Å²) in [5, 5.41) is 11.5. The van der Waals surface area contributed by atoms with Crippen molar-refractivity contribution < 1.29 is 24.3 Å². The minimum Gasteiger partial charge on any atom is -0.494 e. The second-order valence-corrected chi connectivity index (χ2v) is 10.5. The number of hydroxylamine groups is 1. The van der Waals surface area contributed by atoms with Gasteiger partial charge in [-0.05, 0) is 65.4 Å². The maximum Gasteiger partial charge on any atom is 0.255 e. The highest BCUT2D eigenvalue weighted by Crippen LogP contribution is 2.35. The molecule has 8 heteroatoms. The van der Waals surface area contributed by atoms with Crippen LogP contribution in [0.15, 0.2) is 103 Å². The molecule has 4 aromatic carbocycles. The molecule has 0 spiro atoms. The molecule has 0 saturated heterocycles. The summed E-state index contributed by atoms with van der Waals surface area (Å²) in [6.45, 7) is 0.923. The number of para-hydroxylation sites is 1. The third-order valence-corrected chi connectivity index (χ3v) is 7.54. The Morgan fingerprint density at radius 3 is 2.21 bits per heavy atom. The van der Waals surface area contributed by atoms with E-state index in [0.717, 1.165) is 53.7 Å². The summed E-state index contributed by atoms with van der Waals surface area (Å²) < 4.78 is 5.87. The van der Waals surface area contributed by atoms with Crippen molar-refractivity contribution in [3.8, 4) is 16.9 Å². The lowest BCUT2D eigenvalue weighted by Crippen LogP contribution is -2.37. The number of benzene rings is 4. The first-order valence-electron chi connectivity index (χ1n) is 14.5. The van der Waals surface area contributed by atoms with E-state index in [2.05, 4.69) is 5.32 Å². The van der Waals surface area contributed by atoms with Crippen LogP contribution in [-0.4, -0.2) is 34.4 Å². The fourth-order valence-corrected chi connectivity index (χ4v) is 5.28. The molecule has 0 aliphatic carbocycles. The predicted octanol–water partition coefficient (Wildman–Crippen LogP) is 6.52. The average Bonchev–Trinajstić information content (AvgIpc) is 3.36. The molecule has 0 fully saturated rings. The molecule has 3 amide bonds. The van der Waals surface area contributed by atoms with Gasteiger partial charge in [-0.25, -0.2) is 5.48 Å². The summed E-state index contributed by atoms with van der Waals surface area (Å²) in [4.78, 5) is 40.0. The Morgan fingerprint density at radius 1 is 0.814 bits per heavy atom. The molecule has 0 saturated carbocycles. The Labute approximate surface area is 251 Å². The number of anilines is 1. The molecular weight excluding hydrogens is 542 g/mol. The molecule has 1 aliphatic heterocycles. The molecule has 1 atom stereocenters. The van der Waals surface area contributed by atoms with Crippen LogP contribution < -0.4 is 15.5 Å². The van der Waals surface area contributed by atoms with Crippen LogP contribution in [0.3, 0.4) is 0 Å². The second kappa shape index (κ2) is 14.3. The Bertz CT molecular complexity index is 1540. The van der Waals surface area contributed by atoms with Gasteiger partial charge in [0, 0.05) is 24.2 Å².